The van der Waals surface area contributed by atoms with Gasteiger partial charge in [-0.15, -0.1) is 5.01 Å². The number of hydrogen-bond donors (Lipinski definition) is 1. The number of amides is 3. The van der Waals surface area contributed by atoms with E-state index in [2.05, 4.69) is 10.4 Å². The van der Waals surface area contributed by atoms with Crippen LogP contribution >= 0.6 is 0 Å². The highest BCUT2D eigenvalue weighted by atomic mass is 16.2. The van der Waals surface area contributed by atoms with Crippen LogP contribution in [0.5, 0.6) is 0 Å². The number of nitrogens with one attached hydrogen (secondary N) is 1. The molecule has 1 saturated heterocycles. The number of nitrogens with zero attached hydrogens (tertiary/aromatic N) is 3. The number of urea groups is 1. The Labute approximate surface area is 167 Å². The van der Waals surface area contributed by atoms with Gasteiger partial charge in [-0.2, -0.15) is 10.4 Å². The molecule has 3 aromatic rings. The second-order valence-corrected chi connectivity index (χ2v) is 6.51. The maximum absolute atomic E-state index is 13.4. The molecule has 0 aromatic heterocycles. The van der Waals surface area contributed by atoms with Crippen molar-refractivity contribution in [2.45, 2.75) is 5.54 Å². The predicted octanol–water partition coefficient (Wildman–Crippen LogP) is 3.39. The van der Waals surface area contributed by atoms with Crippen molar-refractivity contribution in [2.24, 2.45) is 5.10 Å². The fraction of sp³-hybridized carbons (Fsp3) is 0.0435. The molecule has 1 heterocycles. The quantitative estimate of drug-likeness (QED) is 0.556. The Bertz CT molecular complexity index is 1080. The lowest BCUT2D eigenvalue weighted by atomic mass is 9.83. The van der Waals surface area contributed by atoms with Crippen molar-refractivity contribution in [1.29, 1.82) is 5.26 Å². The summed E-state index contributed by atoms with van der Waals surface area (Å²) in [5.41, 5.74) is 1.15. The highest BCUT2D eigenvalue weighted by Crippen LogP contribution is 2.36. The highest BCUT2D eigenvalue weighted by molar-refractivity contribution is 6.09. The molecule has 6 heteroatoms. The Kier molecular flexibility index (Phi) is 4.63. The van der Waals surface area contributed by atoms with E-state index in [4.69, 9.17) is 5.26 Å². The van der Waals surface area contributed by atoms with Crippen molar-refractivity contribution in [1.82, 2.24) is 10.3 Å². The van der Waals surface area contributed by atoms with Crippen molar-refractivity contribution >= 4 is 18.2 Å². The van der Waals surface area contributed by atoms with Gasteiger partial charge in [0, 0.05) is 0 Å². The molecule has 0 atom stereocenters. The van der Waals surface area contributed by atoms with Crippen molar-refractivity contribution in [3.63, 3.8) is 0 Å². The molecule has 3 aromatic carbocycles. The first kappa shape index (κ1) is 18.1. The maximum atomic E-state index is 13.4. The Hall–Kier alpha value is -4.24. The molecule has 1 aliphatic rings. The summed E-state index contributed by atoms with van der Waals surface area (Å²) < 4.78 is 0. The average molecular weight is 380 g/mol. The molecule has 0 bridgehead atoms. The largest absolute Gasteiger partial charge is 0.346 e. The molecule has 140 valence electrons. The molecule has 1 N–H and O–H groups in total. The van der Waals surface area contributed by atoms with Crippen molar-refractivity contribution in [3.05, 3.63) is 107 Å². The number of rotatable bonds is 4. The molecule has 1 fully saturated rings. The van der Waals surface area contributed by atoms with Crippen LogP contribution in [0.3, 0.4) is 0 Å². The number of benzene rings is 3. The zero-order chi connectivity index (χ0) is 20.3. The minimum atomic E-state index is -1.35. The summed E-state index contributed by atoms with van der Waals surface area (Å²) in [5, 5.41) is 16.7. The minimum Gasteiger partial charge on any atom is -0.314 e. The van der Waals surface area contributed by atoms with Crippen LogP contribution in [0.4, 0.5) is 4.79 Å². The first-order chi connectivity index (χ1) is 14.1. The molecule has 1 aliphatic heterocycles. The normalized spacial score (nSPS) is 15.3. The predicted molar refractivity (Wildman–Crippen MR) is 108 cm³/mol. The monoisotopic (exact) mass is 380 g/mol. The van der Waals surface area contributed by atoms with Crippen molar-refractivity contribution < 1.29 is 9.59 Å². The van der Waals surface area contributed by atoms with E-state index in [1.54, 1.807) is 48.5 Å². The summed E-state index contributed by atoms with van der Waals surface area (Å²) in [6.45, 7) is 0. The van der Waals surface area contributed by atoms with E-state index in [0.717, 1.165) is 5.01 Å². The van der Waals surface area contributed by atoms with Gasteiger partial charge in [-0.3, -0.25) is 4.79 Å². The summed E-state index contributed by atoms with van der Waals surface area (Å²) in [6.07, 6.45) is 1.42. The molecule has 6 nitrogen and oxygen atoms in total. The Morgan fingerprint density at radius 1 is 0.862 bits per heavy atom. The first-order valence-electron chi connectivity index (χ1n) is 8.97. The van der Waals surface area contributed by atoms with E-state index in [-0.39, 0.29) is 0 Å². The van der Waals surface area contributed by atoms with Crippen LogP contribution in [0.2, 0.25) is 0 Å². The molecule has 0 spiro atoms. The number of imide groups is 1. The standard InChI is InChI=1S/C23H16N4O2/c24-15-17-11-13-18(14-12-17)16-25-27-21(28)23(26-22(27)29,19-7-3-1-4-8-19)20-9-5-2-6-10-20/h1-14,16H,(H,26,29)/b25-16-. The van der Waals surface area contributed by atoms with Gasteiger partial charge in [0.15, 0.2) is 5.54 Å². The van der Waals surface area contributed by atoms with Gasteiger partial charge in [0.2, 0.25) is 0 Å². The van der Waals surface area contributed by atoms with Crippen LogP contribution in [0.1, 0.15) is 22.3 Å². The summed E-state index contributed by atoms with van der Waals surface area (Å²) in [4.78, 5) is 26.2. The molecule has 0 unspecified atom stereocenters. The molecule has 0 aliphatic carbocycles. The molecular formula is C23H16N4O2. The Morgan fingerprint density at radius 2 is 1.41 bits per heavy atom. The van der Waals surface area contributed by atoms with Gasteiger partial charge in [0.05, 0.1) is 17.8 Å². The number of carbonyl (C=O) groups excluding carboxylic acids is 2. The van der Waals surface area contributed by atoms with Gasteiger partial charge in [-0.25, -0.2) is 4.79 Å². The lowest BCUT2D eigenvalue weighted by Crippen LogP contribution is -2.44. The van der Waals surface area contributed by atoms with E-state index in [1.165, 1.54) is 6.21 Å². The van der Waals surface area contributed by atoms with E-state index < -0.39 is 17.5 Å². The smallest absolute Gasteiger partial charge is 0.314 e. The summed E-state index contributed by atoms with van der Waals surface area (Å²) in [7, 11) is 0. The second-order valence-electron chi connectivity index (χ2n) is 6.51. The fourth-order valence-electron chi connectivity index (χ4n) is 3.33. The van der Waals surface area contributed by atoms with Crippen LogP contribution < -0.4 is 5.32 Å². The molecule has 3 amide bonds. The SMILES string of the molecule is N#Cc1ccc(/C=N\N2C(=O)NC(c3ccccc3)(c3ccccc3)C2=O)cc1. The van der Waals surface area contributed by atoms with E-state index in [1.807, 2.05) is 42.5 Å². The lowest BCUT2D eigenvalue weighted by Gasteiger charge is -2.27. The molecule has 29 heavy (non-hydrogen) atoms. The number of carbonyl (C=O) groups is 2. The van der Waals surface area contributed by atoms with Crippen LogP contribution in [0.25, 0.3) is 0 Å². The number of hydrogen-bond acceptors (Lipinski definition) is 4. The molecular weight excluding hydrogens is 364 g/mol. The molecule has 4 rings (SSSR count). The first-order valence-corrected chi connectivity index (χ1v) is 8.97. The molecule has 0 saturated carbocycles. The zero-order valence-electron chi connectivity index (χ0n) is 15.3. The zero-order valence-corrected chi connectivity index (χ0v) is 15.3. The highest BCUT2D eigenvalue weighted by Gasteiger charge is 2.54. The average Bonchev–Trinajstić information content (AvgIpc) is 3.04. The van der Waals surface area contributed by atoms with Gasteiger partial charge in [0.25, 0.3) is 5.91 Å². The molecule has 0 radical (unpaired) electrons. The van der Waals surface area contributed by atoms with Gasteiger partial charge in [-0.05, 0) is 28.8 Å². The third kappa shape index (κ3) is 3.15. The van der Waals surface area contributed by atoms with E-state index in [9.17, 15) is 9.59 Å². The van der Waals surface area contributed by atoms with Crippen LogP contribution in [0.15, 0.2) is 90.0 Å². The lowest BCUT2D eigenvalue weighted by molar-refractivity contribution is -0.130. The van der Waals surface area contributed by atoms with Gasteiger partial charge < -0.3 is 5.32 Å². The van der Waals surface area contributed by atoms with E-state index in [0.29, 0.717) is 22.3 Å². The van der Waals surface area contributed by atoms with Crippen molar-refractivity contribution in [2.75, 3.05) is 0 Å². The van der Waals surface area contributed by atoms with Gasteiger partial charge in [0.1, 0.15) is 0 Å². The van der Waals surface area contributed by atoms with E-state index >= 15 is 0 Å². The van der Waals surface area contributed by atoms with Crippen LogP contribution in [-0.4, -0.2) is 23.2 Å². The fourth-order valence-corrected chi connectivity index (χ4v) is 3.33. The Morgan fingerprint density at radius 3 is 1.93 bits per heavy atom. The van der Waals surface area contributed by atoms with Gasteiger partial charge in [-0.1, -0.05) is 72.8 Å². The van der Waals surface area contributed by atoms with Crippen LogP contribution in [-0.2, 0) is 10.3 Å². The summed E-state index contributed by atoms with van der Waals surface area (Å²) >= 11 is 0. The third-order valence-corrected chi connectivity index (χ3v) is 4.78. The Balaban J connectivity index is 1.74. The maximum Gasteiger partial charge on any atom is 0.346 e. The summed E-state index contributed by atoms with van der Waals surface area (Å²) in [5.74, 6) is -0.482. The number of hydrazone groups is 1. The van der Waals surface area contributed by atoms with Crippen LogP contribution in [0, 0.1) is 11.3 Å². The summed E-state index contributed by atoms with van der Waals surface area (Å²) in [6, 6.07) is 26.3. The van der Waals surface area contributed by atoms with Gasteiger partial charge >= 0.3 is 6.03 Å². The topological polar surface area (TPSA) is 85.6 Å². The third-order valence-electron chi connectivity index (χ3n) is 4.78. The number of nitriles is 1. The van der Waals surface area contributed by atoms with Crippen molar-refractivity contribution in [3.8, 4) is 6.07 Å². The second kappa shape index (κ2) is 7.41. The minimum absolute atomic E-state index is 0.482.